The van der Waals surface area contributed by atoms with Crippen molar-refractivity contribution in [1.29, 1.82) is 0 Å². The van der Waals surface area contributed by atoms with Gasteiger partial charge in [0.1, 0.15) is 0 Å². The number of hydrogen-bond donors (Lipinski definition) is 1. The Kier molecular flexibility index (Phi) is 5.20. The van der Waals surface area contributed by atoms with Gasteiger partial charge in [-0.3, -0.25) is 9.48 Å². The molecule has 140 valence electrons. The summed E-state index contributed by atoms with van der Waals surface area (Å²) in [6.45, 7) is 4.02. The van der Waals surface area contributed by atoms with Gasteiger partial charge < -0.3 is 10.2 Å². The third-order valence-electron chi connectivity index (χ3n) is 4.49. The number of halogens is 3. The molecule has 1 amide bonds. The second kappa shape index (κ2) is 7.39. The highest BCUT2D eigenvalue weighted by molar-refractivity contribution is 6.05. The first-order valence-electron chi connectivity index (χ1n) is 8.68. The van der Waals surface area contributed by atoms with Gasteiger partial charge in [-0.05, 0) is 44.4 Å². The Hall–Kier alpha value is -2.51. The summed E-state index contributed by atoms with van der Waals surface area (Å²) in [5, 5.41) is 6.67. The van der Waals surface area contributed by atoms with Crippen LogP contribution < -0.4 is 10.2 Å². The molecule has 1 N–H and O–H groups in total. The monoisotopic (exact) mass is 366 g/mol. The minimum Gasteiger partial charge on any atom is -0.370 e. The minimum absolute atomic E-state index is 0.177. The van der Waals surface area contributed by atoms with E-state index in [2.05, 4.69) is 10.4 Å². The highest BCUT2D eigenvalue weighted by atomic mass is 19.4. The minimum atomic E-state index is -4.47. The molecule has 1 fully saturated rings. The standard InChI is InChI=1S/C18H21F3N4O/c1-2-25-12-13(11-22-25)17(26)23-15-10-14(18(19,20)21)6-7-16(15)24-8-4-3-5-9-24/h6-7,10-12H,2-5,8-9H2,1H3,(H,23,26). The first-order chi connectivity index (χ1) is 12.4. The van der Waals surface area contributed by atoms with E-state index in [0.717, 1.165) is 44.5 Å². The zero-order valence-corrected chi connectivity index (χ0v) is 14.5. The summed E-state index contributed by atoms with van der Waals surface area (Å²) in [5.41, 5.74) is 0.330. The maximum Gasteiger partial charge on any atom is 0.416 e. The van der Waals surface area contributed by atoms with Gasteiger partial charge in [0.05, 0.1) is 28.7 Å². The predicted molar refractivity (Wildman–Crippen MR) is 93.4 cm³/mol. The molecule has 1 aromatic carbocycles. The van der Waals surface area contributed by atoms with Crippen LogP contribution in [0.2, 0.25) is 0 Å². The molecular weight excluding hydrogens is 345 g/mol. The van der Waals surface area contributed by atoms with Crippen molar-refractivity contribution in [3.63, 3.8) is 0 Å². The lowest BCUT2D eigenvalue weighted by Gasteiger charge is -2.31. The fourth-order valence-corrected chi connectivity index (χ4v) is 3.07. The van der Waals surface area contributed by atoms with Gasteiger partial charge in [0.2, 0.25) is 0 Å². The average Bonchev–Trinajstić information content (AvgIpc) is 3.11. The Morgan fingerprint density at radius 2 is 1.96 bits per heavy atom. The number of aromatic nitrogens is 2. The first-order valence-corrected chi connectivity index (χ1v) is 8.68. The highest BCUT2D eigenvalue weighted by Gasteiger charge is 2.32. The molecule has 0 aliphatic carbocycles. The Bertz CT molecular complexity index is 779. The van der Waals surface area contributed by atoms with Crippen molar-refractivity contribution >= 4 is 17.3 Å². The molecule has 2 heterocycles. The number of benzene rings is 1. The molecule has 3 rings (SSSR count). The van der Waals surface area contributed by atoms with Crippen LogP contribution in [-0.4, -0.2) is 28.8 Å². The number of carbonyl (C=O) groups is 1. The van der Waals surface area contributed by atoms with E-state index in [1.54, 1.807) is 10.9 Å². The zero-order chi connectivity index (χ0) is 18.7. The van der Waals surface area contributed by atoms with E-state index in [-0.39, 0.29) is 5.69 Å². The van der Waals surface area contributed by atoms with E-state index < -0.39 is 17.6 Å². The van der Waals surface area contributed by atoms with Crippen molar-refractivity contribution in [2.75, 3.05) is 23.3 Å². The van der Waals surface area contributed by atoms with Crippen molar-refractivity contribution in [1.82, 2.24) is 9.78 Å². The Morgan fingerprint density at radius 3 is 2.58 bits per heavy atom. The largest absolute Gasteiger partial charge is 0.416 e. The van der Waals surface area contributed by atoms with E-state index in [4.69, 9.17) is 0 Å². The van der Waals surface area contributed by atoms with Gasteiger partial charge in [-0.2, -0.15) is 18.3 Å². The Balaban J connectivity index is 1.91. The third kappa shape index (κ3) is 4.00. The van der Waals surface area contributed by atoms with Gasteiger partial charge >= 0.3 is 6.18 Å². The SMILES string of the molecule is CCn1cc(C(=O)Nc2cc(C(F)(F)F)ccc2N2CCCCC2)cn1. The van der Waals surface area contributed by atoms with Crippen LogP contribution in [0.1, 0.15) is 42.1 Å². The lowest BCUT2D eigenvalue weighted by Crippen LogP contribution is -2.30. The molecule has 1 saturated heterocycles. The first kappa shape index (κ1) is 18.3. The summed E-state index contributed by atoms with van der Waals surface area (Å²) in [6, 6.07) is 3.51. The van der Waals surface area contributed by atoms with Gasteiger partial charge in [0.25, 0.3) is 5.91 Å². The predicted octanol–water partition coefficient (Wildman–Crippen LogP) is 4.16. The molecule has 2 aromatic rings. The van der Waals surface area contributed by atoms with Crippen LogP contribution in [0.4, 0.5) is 24.5 Å². The van der Waals surface area contributed by atoms with Gasteiger partial charge in [-0.1, -0.05) is 0 Å². The van der Waals surface area contributed by atoms with Gasteiger partial charge in [0, 0.05) is 25.8 Å². The van der Waals surface area contributed by atoms with Crippen molar-refractivity contribution in [2.24, 2.45) is 0 Å². The second-order valence-electron chi connectivity index (χ2n) is 6.32. The molecule has 0 bridgehead atoms. The van der Waals surface area contributed by atoms with E-state index in [1.165, 1.54) is 12.3 Å². The van der Waals surface area contributed by atoms with Crippen molar-refractivity contribution in [3.05, 3.63) is 41.7 Å². The summed E-state index contributed by atoms with van der Waals surface area (Å²) in [7, 11) is 0. The van der Waals surface area contributed by atoms with Gasteiger partial charge in [-0.25, -0.2) is 0 Å². The highest BCUT2D eigenvalue weighted by Crippen LogP contribution is 2.36. The fraction of sp³-hybridized carbons (Fsp3) is 0.444. The molecule has 0 saturated carbocycles. The number of piperidine rings is 1. The summed E-state index contributed by atoms with van der Waals surface area (Å²) in [4.78, 5) is 14.5. The summed E-state index contributed by atoms with van der Waals surface area (Å²) in [6.07, 6.45) is 1.59. The number of alkyl halides is 3. The molecular formula is C18H21F3N4O. The van der Waals surface area contributed by atoms with Crippen LogP contribution in [0, 0.1) is 0 Å². The van der Waals surface area contributed by atoms with Crippen LogP contribution in [-0.2, 0) is 12.7 Å². The molecule has 1 aromatic heterocycles. The molecule has 26 heavy (non-hydrogen) atoms. The summed E-state index contributed by atoms with van der Waals surface area (Å²) < 4.78 is 40.9. The maximum absolute atomic E-state index is 13.1. The molecule has 0 unspecified atom stereocenters. The fourth-order valence-electron chi connectivity index (χ4n) is 3.07. The maximum atomic E-state index is 13.1. The number of nitrogens with zero attached hydrogens (tertiary/aromatic N) is 3. The topological polar surface area (TPSA) is 50.2 Å². The second-order valence-corrected chi connectivity index (χ2v) is 6.32. The normalized spacial score (nSPS) is 15.2. The number of carbonyl (C=O) groups excluding carboxylic acids is 1. The van der Waals surface area contributed by atoms with Crippen LogP contribution in [0.25, 0.3) is 0 Å². The third-order valence-corrected chi connectivity index (χ3v) is 4.49. The van der Waals surface area contributed by atoms with E-state index in [0.29, 0.717) is 17.8 Å². The number of aryl methyl sites for hydroxylation is 1. The van der Waals surface area contributed by atoms with Crippen molar-refractivity contribution in [3.8, 4) is 0 Å². The molecule has 0 spiro atoms. The van der Waals surface area contributed by atoms with Crippen LogP contribution in [0.5, 0.6) is 0 Å². The molecule has 8 heteroatoms. The van der Waals surface area contributed by atoms with Gasteiger partial charge in [0.15, 0.2) is 0 Å². The number of anilines is 2. The average molecular weight is 366 g/mol. The van der Waals surface area contributed by atoms with E-state index >= 15 is 0 Å². The smallest absolute Gasteiger partial charge is 0.370 e. The number of amides is 1. The lowest BCUT2D eigenvalue weighted by molar-refractivity contribution is -0.137. The summed E-state index contributed by atoms with van der Waals surface area (Å²) >= 11 is 0. The van der Waals surface area contributed by atoms with Crippen LogP contribution >= 0.6 is 0 Å². The quantitative estimate of drug-likeness (QED) is 0.884. The lowest BCUT2D eigenvalue weighted by atomic mass is 10.1. The molecule has 1 aliphatic rings. The molecule has 0 atom stereocenters. The van der Waals surface area contributed by atoms with Crippen LogP contribution in [0.15, 0.2) is 30.6 Å². The number of rotatable bonds is 4. The van der Waals surface area contributed by atoms with Crippen molar-refractivity contribution in [2.45, 2.75) is 38.9 Å². The van der Waals surface area contributed by atoms with E-state index in [9.17, 15) is 18.0 Å². The molecule has 0 radical (unpaired) electrons. The zero-order valence-electron chi connectivity index (χ0n) is 14.5. The van der Waals surface area contributed by atoms with E-state index in [1.807, 2.05) is 11.8 Å². The van der Waals surface area contributed by atoms with Gasteiger partial charge in [-0.15, -0.1) is 0 Å². The van der Waals surface area contributed by atoms with Crippen molar-refractivity contribution < 1.29 is 18.0 Å². The number of hydrogen-bond acceptors (Lipinski definition) is 3. The molecule has 5 nitrogen and oxygen atoms in total. The summed E-state index contributed by atoms with van der Waals surface area (Å²) in [5.74, 6) is -0.470. The Labute approximate surface area is 149 Å². The van der Waals surface area contributed by atoms with Crippen LogP contribution in [0.3, 0.4) is 0 Å². The molecule has 1 aliphatic heterocycles. The number of nitrogens with one attached hydrogen (secondary N) is 1. The Morgan fingerprint density at radius 1 is 1.23 bits per heavy atom.